The van der Waals surface area contributed by atoms with Crippen LogP contribution in [0.1, 0.15) is 12.8 Å². The molecule has 0 amide bonds. The van der Waals surface area contributed by atoms with Gasteiger partial charge in [-0.05, 0) is 51.1 Å². The number of fused-ring (bicyclic) bond motifs is 1. The number of benzene rings is 1. The van der Waals surface area contributed by atoms with Crippen molar-refractivity contribution in [2.24, 2.45) is 0 Å². The SMILES string of the molecule is COc1cc2nc(Cl)nc(NCCCCN(C)C)c2cc1OC. The number of nitrogens with one attached hydrogen (secondary N) is 1. The number of aromatic nitrogens is 2. The second-order valence-corrected chi connectivity index (χ2v) is 5.84. The van der Waals surface area contributed by atoms with Crippen LogP contribution in [0.5, 0.6) is 11.5 Å². The number of hydrogen-bond donors (Lipinski definition) is 1. The average molecular weight is 339 g/mol. The van der Waals surface area contributed by atoms with E-state index < -0.39 is 0 Å². The molecule has 0 bridgehead atoms. The van der Waals surface area contributed by atoms with Crippen LogP contribution in [0.3, 0.4) is 0 Å². The Labute approximate surface area is 141 Å². The number of ether oxygens (including phenoxy) is 2. The molecule has 126 valence electrons. The van der Waals surface area contributed by atoms with E-state index in [-0.39, 0.29) is 5.28 Å². The van der Waals surface area contributed by atoms with Crippen molar-refractivity contribution in [3.05, 3.63) is 17.4 Å². The summed E-state index contributed by atoms with van der Waals surface area (Å²) < 4.78 is 10.7. The van der Waals surface area contributed by atoms with Gasteiger partial charge in [0.25, 0.3) is 0 Å². The molecule has 0 radical (unpaired) electrons. The van der Waals surface area contributed by atoms with Crippen molar-refractivity contribution in [1.82, 2.24) is 14.9 Å². The summed E-state index contributed by atoms with van der Waals surface area (Å²) in [4.78, 5) is 10.7. The van der Waals surface area contributed by atoms with Gasteiger partial charge in [-0.25, -0.2) is 9.97 Å². The summed E-state index contributed by atoms with van der Waals surface area (Å²) >= 11 is 6.03. The Morgan fingerprint density at radius 2 is 1.78 bits per heavy atom. The summed E-state index contributed by atoms with van der Waals surface area (Å²) in [5, 5.41) is 4.41. The van der Waals surface area contributed by atoms with Crippen LogP contribution in [-0.4, -0.2) is 56.3 Å². The van der Waals surface area contributed by atoms with Gasteiger partial charge in [-0.3, -0.25) is 0 Å². The van der Waals surface area contributed by atoms with Crippen molar-refractivity contribution in [2.75, 3.05) is 46.7 Å². The fraction of sp³-hybridized carbons (Fsp3) is 0.500. The Bertz CT molecular complexity index is 664. The molecular weight excluding hydrogens is 316 g/mol. The third-order valence-electron chi connectivity index (χ3n) is 3.50. The lowest BCUT2D eigenvalue weighted by atomic mass is 10.2. The van der Waals surface area contributed by atoms with E-state index in [0.717, 1.165) is 36.8 Å². The predicted octanol–water partition coefficient (Wildman–Crippen LogP) is 3.05. The van der Waals surface area contributed by atoms with E-state index in [1.54, 1.807) is 20.3 Å². The molecule has 2 rings (SSSR count). The van der Waals surface area contributed by atoms with Crippen LogP contribution in [0.25, 0.3) is 10.9 Å². The zero-order chi connectivity index (χ0) is 16.8. The maximum Gasteiger partial charge on any atom is 0.224 e. The Morgan fingerprint density at radius 3 is 2.43 bits per heavy atom. The van der Waals surface area contributed by atoms with Crippen molar-refractivity contribution in [3.63, 3.8) is 0 Å². The minimum Gasteiger partial charge on any atom is -0.493 e. The number of nitrogens with zero attached hydrogens (tertiary/aromatic N) is 3. The number of unbranched alkanes of at least 4 members (excludes halogenated alkanes) is 1. The van der Waals surface area contributed by atoms with E-state index in [1.807, 2.05) is 6.07 Å². The van der Waals surface area contributed by atoms with E-state index in [1.165, 1.54) is 0 Å². The highest BCUT2D eigenvalue weighted by Gasteiger charge is 2.12. The predicted molar refractivity (Wildman–Crippen MR) is 93.9 cm³/mol. The van der Waals surface area contributed by atoms with E-state index in [4.69, 9.17) is 21.1 Å². The smallest absolute Gasteiger partial charge is 0.224 e. The van der Waals surface area contributed by atoms with E-state index >= 15 is 0 Å². The van der Waals surface area contributed by atoms with Gasteiger partial charge in [0.1, 0.15) is 5.82 Å². The fourth-order valence-corrected chi connectivity index (χ4v) is 2.50. The lowest BCUT2D eigenvalue weighted by Crippen LogP contribution is -2.14. The number of halogens is 1. The summed E-state index contributed by atoms with van der Waals surface area (Å²) in [7, 11) is 7.35. The molecule has 1 heterocycles. The number of rotatable bonds is 8. The van der Waals surface area contributed by atoms with Crippen LogP contribution in [-0.2, 0) is 0 Å². The molecular formula is C16H23ClN4O2. The number of hydrogen-bond acceptors (Lipinski definition) is 6. The van der Waals surface area contributed by atoms with Crippen molar-refractivity contribution in [2.45, 2.75) is 12.8 Å². The van der Waals surface area contributed by atoms with Gasteiger partial charge in [-0.1, -0.05) is 0 Å². The molecule has 1 aromatic carbocycles. The molecule has 0 aliphatic rings. The highest BCUT2D eigenvalue weighted by molar-refractivity contribution is 6.28. The zero-order valence-electron chi connectivity index (χ0n) is 14.0. The molecule has 0 aliphatic carbocycles. The van der Waals surface area contributed by atoms with Crippen LogP contribution < -0.4 is 14.8 Å². The molecule has 1 N–H and O–H groups in total. The van der Waals surface area contributed by atoms with Crippen molar-refractivity contribution >= 4 is 28.3 Å². The van der Waals surface area contributed by atoms with Gasteiger partial charge in [0.15, 0.2) is 11.5 Å². The van der Waals surface area contributed by atoms with Crippen molar-refractivity contribution in [1.29, 1.82) is 0 Å². The van der Waals surface area contributed by atoms with Crippen LogP contribution in [0, 0.1) is 0 Å². The van der Waals surface area contributed by atoms with Crippen LogP contribution in [0.15, 0.2) is 12.1 Å². The first-order valence-electron chi connectivity index (χ1n) is 7.53. The summed E-state index contributed by atoms with van der Waals surface area (Å²) in [6.07, 6.45) is 2.17. The minimum absolute atomic E-state index is 0.209. The third-order valence-corrected chi connectivity index (χ3v) is 3.67. The summed E-state index contributed by atoms with van der Waals surface area (Å²) in [5.41, 5.74) is 0.721. The molecule has 0 fully saturated rings. The maximum atomic E-state index is 6.03. The van der Waals surface area contributed by atoms with Gasteiger partial charge in [0, 0.05) is 18.0 Å². The van der Waals surface area contributed by atoms with Crippen LogP contribution in [0.4, 0.5) is 5.82 Å². The first-order chi connectivity index (χ1) is 11.0. The van der Waals surface area contributed by atoms with Crippen molar-refractivity contribution < 1.29 is 9.47 Å². The first kappa shape index (κ1) is 17.6. The minimum atomic E-state index is 0.209. The Hall–Kier alpha value is -1.79. The van der Waals surface area contributed by atoms with E-state index in [9.17, 15) is 0 Å². The lowest BCUT2D eigenvalue weighted by molar-refractivity contribution is 0.356. The summed E-state index contributed by atoms with van der Waals surface area (Å²) in [5.74, 6) is 1.97. The largest absolute Gasteiger partial charge is 0.493 e. The maximum absolute atomic E-state index is 6.03. The molecule has 7 heteroatoms. The molecule has 1 aromatic heterocycles. The van der Waals surface area contributed by atoms with Crippen molar-refractivity contribution in [3.8, 4) is 11.5 Å². The van der Waals surface area contributed by atoms with Crippen LogP contribution >= 0.6 is 11.6 Å². The molecule has 6 nitrogen and oxygen atoms in total. The molecule has 0 atom stereocenters. The second-order valence-electron chi connectivity index (χ2n) is 5.50. The van der Waals surface area contributed by atoms with E-state index in [2.05, 4.69) is 34.3 Å². The molecule has 0 aliphatic heterocycles. The summed E-state index contributed by atoms with van der Waals surface area (Å²) in [6.45, 7) is 1.89. The van der Waals surface area contributed by atoms with Gasteiger partial charge in [-0.15, -0.1) is 0 Å². The summed E-state index contributed by atoms with van der Waals surface area (Å²) in [6, 6.07) is 3.67. The third kappa shape index (κ3) is 4.59. The standard InChI is InChI=1S/C16H23ClN4O2/c1-21(2)8-6-5-7-18-15-11-9-13(22-3)14(23-4)10-12(11)19-16(17)20-15/h9-10H,5-8H2,1-4H3,(H,18,19,20). The van der Waals surface area contributed by atoms with Gasteiger partial charge in [-0.2, -0.15) is 0 Å². The quantitative estimate of drug-likeness (QED) is 0.589. The Balaban J connectivity index is 2.21. The second kappa shape index (κ2) is 8.17. The Kier molecular flexibility index (Phi) is 6.24. The zero-order valence-corrected chi connectivity index (χ0v) is 14.8. The molecule has 0 saturated carbocycles. The average Bonchev–Trinajstić information content (AvgIpc) is 2.52. The van der Waals surface area contributed by atoms with Gasteiger partial charge >= 0.3 is 0 Å². The number of methoxy groups -OCH3 is 2. The molecule has 2 aromatic rings. The Morgan fingerprint density at radius 1 is 1.09 bits per heavy atom. The highest BCUT2D eigenvalue weighted by Crippen LogP contribution is 2.34. The van der Waals surface area contributed by atoms with Crippen LogP contribution in [0.2, 0.25) is 5.28 Å². The number of anilines is 1. The monoisotopic (exact) mass is 338 g/mol. The molecule has 0 spiro atoms. The van der Waals surface area contributed by atoms with Gasteiger partial charge < -0.3 is 19.7 Å². The lowest BCUT2D eigenvalue weighted by Gasteiger charge is -2.13. The normalized spacial score (nSPS) is 11.0. The van der Waals surface area contributed by atoms with Gasteiger partial charge in [0.05, 0.1) is 19.7 Å². The van der Waals surface area contributed by atoms with Gasteiger partial charge in [0.2, 0.25) is 5.28 Å². The molecule has 0 unspecified atom stereocenters. The fourth-order valence-electron chi connectivity index (χ4n) is 2.32. The van der Waals surface area contributed by atoms with E-state index in [0.29, 0.717) is 17.3 Å². The topological polar surface area (TPSA) is 59.5 Å². The molecule has 0 saturated heterocycles. The highest BCUT2D eigenvalue weighted by atomic mass is 35.5. The first-order valence-corrected chi connectivity index (χ1v) is 7.91. The molecule has 23 heavy (non-hydrogen) atoms.